The van der Waals surface area contributed by atoms with Crippen LogP contribution in [0.1, 0.15) is 18.1 Å². The molecule has 2 aromatic carbocycles. The Bertz CT molecular complexity index is 894. The number of hydrogen-bond donors (Lipinski definition) is 0. The lowest BCUT2D eigenvalue weighted by atomic mass is 10.1. The maximum Gasteiger partial charge on any atom is 0.333 e. The molecule has 1 saturated heterocycles. The lowest BCUT2D eigenvalue weighted by Gasteiger charge is -2.28. The van der Waals surface area contributed by atoms with Crippen LogP contribution in [0, 0.1) is 0 Å². The van der Waals surface area contributed by atoms with Gasteiger partial charge in [-0.05, 0) is 36.3 Å². The molecule has 2 aromatic rings. The van der Waals surface area contributed by atoms with E-state index in [9.17, 15) is 14.4 Å². The highest BCUT2D eigenvalue weighted by Gasteiger charge is 2.37. The Morgan fingerprint density at radius 1 is 0.857 bits per heavy atom. The summed E-state index contributed by atoms with van der Waals surface area (Å²) >= 11 is 0. The van der Waals surface area contributed by atoms with Crippen molar-refractivity contribution in [3.8, 4) is 0 Å². The van der Waals surface area contributed by atoms with Crippen LogP contribution >= 0.6 is 0 Å². The number of imide groups is 2. The summed E-state index contributed by atoms with van der Waals surface area (Å²) in [5.41, 5.74) is 2.99. The van der Waals surface area contributed by atoms with Crippen molar-refractivity contribution >= 4 is 29.6 Å². The van der Waals surface area contributed by atoms with E-state index in [0.717, 1.165) is 34.1 Å². The van der Waals surface area contributed by atoms with Gasteiger partial charge in [0.25, 0.3) is 11.8 Å². The number of urea groups is 1. The average molecular weight is 377 g/mol. The van der Waals surface area contributed by atoms with Gasteiger partial charge in [0.1, 0.15) is 5.57 Å². The van der Waals surface area contributed by atoms with Gasteiger partial charge in [0.05, 0.1) is 0 Å². The molecule has 0 atom stereocenters. The smallest absolute Gasteiger partial charge is 0.333 e. The zero-order chi connectivity index (χ0) is 20.3. The van der Waals surface area contributed by atoms with Crippen LogP contribution in [-0.2, 0) is 16.1 Å². The highest BCUT2D eigenvalue weighted by Crippen LogP contribution is 2.21. The summed E-state index contributed by atoms with van der Waals surface area (Å²) in [6.07, 6.45) is 1.53. The number of barbiturate groups is 1. The van der Waals surface area contributed by atoms with Gasteiger partial charge < -0.3 is 4.90 Å². The molecule has 0 saturated carbocycles. The van der Waals surface area contributed by atoms with Crippen LogP contribution in [0.25, 0.3) is 6.08 Å². The van der Waals surface area contributed by atoms with Crippen LogP contribution in [0.2, 0.25) is 0 Å². The molecule has 144 valence electrons. The minimum absolute atomic E-state index is 0.0195. The zero-order valence-corrected chi connectivity index (χ0v) is 16.3. The van der Waals surface area contributed by atoms with Gasteiger partial charge in [-0.2, -0.15) is 0 Å². The number of amides is 4. The van der Waals surface area contributed by atoms with E-state index in [1.54, 1.807) is 0 Å². The van der Waals surface area contributed by atoms with Gasteiger partial charge in [-0.3, -0.25) is 19.4 Å². The van der Waals surface area contributed by atoms with Crippen molar-refractivity contribution in [2.75, 3.05) is 25.5 Å². The van der Waals surface area contributed by atoms with E-state index in [1.165, 1.54) is 25.7 Å². The van der Waals surface area contributed by atoms with Crippen molar-refractivity contribution in [1.29, 1.82) is 0 Å². The summed E-state index contributed by atoms with van der Waals surface area (Å²) in [6, 6.07) is 17.3. The summed E-state index contributed by atoms with van der Waals surface area (Å²) in [5.74, 6) is -1.17. The molecule has 0 unspecified atom stereocenters. The molecule has 4 amide bonds. The fraction of sp³-hybridized carbons (Fsp3) is 0.227. The first-order valence-corrected chi connectivity index (χ1v) is 9.13. The molecule has 1 fully saturated rings. The fourth-order valence-electron chi connectivity index (χ4n) is 3.11. The number of rotatable bonds is 5. The van der Waals surface area contributed by atoms with Gasteiger partial charge in [0, 0.05) is 32.9 Å². The molecule has 6 nitrogen and oxygen atoms in total. The molecule has 0 aromatic heterocycles. The van der Waals surface area contributed by atoms with Crippen molar-refractivity contribution in [1.82, 2.24) is 9.80 Å². The summed E-state index contributed by atoms with van der Waals surface area (Å²) in [4.78, 5) is 40.6. The minimum atomic E-state index is -0.623. The monoisotopic (exact) mass is 377 g/mol. The fourth-order valence-corrected chi connectivity index (χ4v) is 3.11. The lowest BCUT2D eigenvalue weighted by molar-refractivity contribution is -0.134. The van der Waals surface area contributed by atoms with E-state index in [2.05, 4.69) is 24.0 Å². The second-order valence-corrected chi connectivity index (χ2v) is 6.66. The van der Waals surface area contributed by atoms with Crippen molar-refractivity contribution in [3.63, 3.8) is 0 Å². The van der Waals surface area contributed by atoms with E-state index in [4.69, 9.17) is 0 Å². The number of anilines is 1. The van der Waals surface area contributed by atoms with Gasteiger partial charge in [-0.1, -0.05) is 42.5 Å². The Labute approximate surface area is 164 Å². The predicted octanol–water partition coefficient (Wildman–Crippen LogP) is 3.15. The minimum Gasteiger partial charge on any atom is -0.367 e. The van der Waals surface area contributed by atoms with Gasteiger partial charge in [0.2, 0.25) is 0 Å². The summed E-state index contributed by atoms with van der Waals surface area (Å²) < 4.78 is 0. The highest BCUT2D eigenvalue weighted by atomic mass is 16.2. The first-order chi connectivity index (χ1) is 13.4. The molecule has 3 rings (SSSR count). The first-order valence-electron chi connectivity index (χ1n) is 9.13. The van der Waals surface area contributed by atoms with Crippen LogP contribution < -0.4 is 4.90 Å². The van der Waals surface area contributed by atoms with E-state index < -0.39 is 17.8 Å². The Balaban J connectivity index is 1.82. The molecule has 28 heavy (non-hydrogen) atoms. The Hall–Kier alpha value is -3.41. The molecule has 6 heteroatoms. The average Bonchev–Trinajstić information content (AvgIpc) is 2.73. The molecule has 1 aliphatic rings. The third kappa shape index (κ3) is 3.81. The third-order valence-electron chi connectivity index (χ3n) is 4.81. The van der Waals surface area contributed by atoms with Gasteiger partial charge in [-0.25, -0.2) is 4.79 Å². The zero-order valence-electron chi connectivity index (χ0n) is 16.3. The number of likely N-dealkylation sites (N-methyl/N-ethyl adjacent to an activating group) is 2. The van der Waals surface area contributed by atoms with Crippen LogP contribution in [0.5, 0.6) is 0 Å². The largest absolute Gasteiger partial charge is 0.367 e. The van der Waals surface area contributed by atoms with Gasteiger partial charge in [0.15, 0.2) is 0 Å². The number of carbonyl (C=O) groups excluding carboxylic acids is 3. The van der Waals surface area contributed by atoms with Crippen LogP contribution in [0.4, 0.5) is 10.5 Å². The molecule has 0 aliphatic carbocycles. The maximum atomic E-state index is 12.3. The molecule has 0 N–H and O–H groups in total. The van der Waals surface area contributed by atoms with Crippen LogP contribution in [0.3, 0.4) is 0 Å². The van der Waals surface area contributed by atoms with E-state index >= 15 is 0 Å². The summed E-state index contributed by atoms with van der Waals surface area (Å²) in [6.45, 7) is 3.75. The molecule has 0 spiro atoms. The summed E-state index contributed by atoms with van der Waals surface area (Å²) in [7, 11) is 2.74. The molecule has 1 aliphatic heterocycles. The van der Waals surface area contributed by atoms with Crippen molar-refractivity contribution in [2.24, 2.45) is 0 Å². The van der Waals surface area contributed by atoms with Crippen molar-refractivity contribution < 1.29 is 14.4 Å². The van der Waals surface area contributed by atoms with E-state index in [-0.39, 0.29) is 5.57 Å². The molecular weight excluding hydrogens is 354 g/mol. The predicted molar refractivity (Wildman–Crippen MR) is 109 cm³/mol. The van der Waals surface area contributed by atoms with E-state index in [0.29, 0.717) is 0 Å². The highest BCUT2D eigenvalue weighted by molar-refractivity contribution is 6.30. The molecule has 0 bridgehead atoms. The normalized spacial score (nSPS) is 14.5. The Morgan fingerprint density at radius 3 is 1.96 bits per heavy atom. The Kier molecular flexibility index (Phi) is 5.59. The van der Waals surface area contributed by atoms with E-state index in [1.807, 2.05) is 42.5 Å². The third-order valence-corrected chi connectivity index (χ3v) is 4.81. The SMILES string of the molecule is CCN(Cc1ccccc1)c1ccc(C=C2C(=O)N(C)C(=O)N(C)C2=O)cc1. The topological polar surface area (TPSA) is 60.9 Å². The molecule has 1 heterocycles. The summed E-state index contributed by atoms with van der Waals surface area (Å²) in [5, 5.41) is 0. The number of benzene rings is 2. The van der Waals surface area contributed by atoms with Crippen molar-refractivity contribution in [2.45, 2.75) is 13.5 Å². The number of hydrogen-bond acceptors (Lipinski definition) is 4. The van der Waals surface area contributed by atoms with Crippen LogP contribution in [-0.4, -0.2) is 48.3 Å². The first kappa shape index (κ1) is 19.4. The second kappa shape index (κ2) is 8.08. The standard InChI is InChI=1S/C22H23N3O3/c1-4-25(15-17-8-6-5-7-9-17)18-12-10-16(11-13-18)14-19-20(26)23(2)22(28)24(3)21(19)27/h5-14H,4,15H2,1-3H3. The quantitative estimate of drug-likeness (QED) is 0.593. The number of nitrogens with zero attached hydrogens (tertiary/aromatic N) is 3. The van der Waals surface area contributed by atoms with Crippen LogP contribution in [0.15, 0.2) is 60.2 Å². The van der Waals surface area contributed by atoms with Gasteiger partial charge in [-0.15, -0.1) is 0 Å². The Morgan fingerprint density at radius 2 is 1.43 bits per heavy atom. The maximum absolute atomic E-state index is 12.3. The molecule has 0 radical (unpaired) electrons. The number of carbonyl (C=O) groups is 3. The molecular formula is C22H23N3O3. The van der Waals surface area contributed by atoms with Crippen molar-refractivity contribution in [3.05, 3.63) is 71.3 Å². The van der Waals surface area contributed by atoms with Gasteiger partial charge >= 0.3 is 6.03 Å². The lowest BCUT2D eigenvalue weighted by Crippen LogP contribution is -2.52. The second-order valence-electron chi connectivity index (χ2n) is 6.66.